The smallest absolute Gasteiger partial charge is 0.270 e. The molecule has 160 valence electrons. The fraction of sp³-hybridized carbons (Fsp3) is 0. The number of nitrogens with zero attached hydrogens (tertiary/aromatic N) is 2. The van der Waals surface area contributed by atoms with Gasteiger partial charge < -0.3 is 4.42 Å². The number of nitrogens with one attached hydrogen (secondary N) is 1. The first-order chi connectivity index (χ1) is 15.2. The minimum Gasteiger partial charge on any atom is -0.457 e. The number of amides is 2. The first kappa shape index (κ1) is 22.1. The Morgan fingerprint density at radius 2 is 1.78 bits per heavy atom. The van der Waals surface area contributed by atoms with E-state index in [-0.39, 0.29) is 22.1 Å². The molecule has 0 radical (unpaired) electrons. The number of nitro benzene ring substituents is 1. The number of hydrogen-bond donors (Lipinski definition) is 1. The SMILES string of the molecule is O=C1NC(=S)N(c2ccc(Br)cc2)C(=O)/C1=C\c1ccc(-c2ccc([N+](=O)[O-])cc2Br)o1. The van der Waals surface area contributed by atoms with Gasteiger partial charge in [-0.3, -0.25) is 29.9 Å². The number of carbonyl (C=O) groups excluding carboxylic acids is 2. The van der Waals surface area contributed by atoms with Crippen LogP contribution in [0.5, 0.6) is 0 Å². The lowest BCUT2D eigenvalue weighted by Gasteiger charge is -2.28. The number of thiocarbonyl (C=S) groups is 1. The molecule has 2 amide bonds. The van der Waals surface area contributed by atoms with Crippen LogP contribution in [-0.4, -0.2) is 21.9 Å². The molecule has 1 N–H and O–H groups in total. The Bertz CT molecular complexity index is 1320. The second-order valence-electron chi connectivity index (χ2n) is 6.56. The maximum Gasteiger partial charge on any atom is 0.270 e. The van der Waals surface area contributed by atoms with E-state index in [9.17, 15) is 19.7 Å². The first-order valence-electron chi connectivity index (χ1n) is 8.96. The standard InChI is InChI=1S/C21H11Br2N3O5S/c22-11-1-3-12(4-2-11)25-20(28)16(19(27)24-21(25)32)10-14-6-8-18(31-14)15-7-5-13(26(29)30)9-17(15)23/h1-10H,(H,24,27,32)/b16-10-. The van der Waals surface area contributed by atoms with Crippen LogP contribution < -0.4 is 10.2 Å². The molecule has 4 rings (SSSR count). The van der Waals surface area contributed by atoms with Gasteiger partial charge in [-0.1, -0.05) is 15.9 Å². The van der Waals surface area contributed by atoms with Crippen molar-refractivity contribution < 1.29 is 18.9 Å². The van der Waals surface area contributed by atoms with Crippen LogP contribution >= 0.6 is 44.1 Å². The number of halogens is 2. The summed E-state index contributed by atoms with van der Waals surface area (Å²) in [7, 11) is 0. The quantitative estimate of drug-likeness (QED) is 0.150. The van der Waals surface area contributed by atoms with E-state index >= 15 is 0 Å². The summed E-state index contributed by atoms with van der Waals surface area (Å²) in [5.41, 5.74) is 0.870. The van der Waals surface area contributed by atoms with Crippen LogP contribution in [0, 0.1) is 10.1 Å². The van der Waals surface area contributed by atoms with Crippen molar-refractivity contribution in [1.82, 2.24) is 5.32 Å². The van der Waals surface area contributed by atoms with E-state index in [4.69, 9.17) is 16.6 Å². The van der Waals surface area contributed by atoms with E-state index in [0.29, 0.717) is 21.5 Å². The van der Waals surface area contributed by atoms with Gasteiger partial charge in [0.1, 0.15) is 17.1 Å². The fourth-order valence-corrected chi connectivity index (χ4v) is 4.12. The van der Waals surface area contributed by atoms with Crippen LogP contribution in [0.3, 0.4) is 0 Å². The lowest BCUT2D eigenvalue weighted by molar-refractivity contribution is -0.384. The van der Waals surface area contributed by atoms with E-state index in [2.05, 4.69) is 37.2 Å². The Balaban J connectivity index is 1.66. The molecule has 1 saturated heterocycles. The van der Waals surface area contributed by atoms with E-state index in [1.807, 2.05) is 0 Å². The fourth-order valence-electron chi connectivity index (χ4n) is 3.02. The van der Waals surface area contributed by atoms with Gasteiger partial charge >= 0.3 is 0 Å². The van der Waals surface area contributed by atoms with Crippen molar-refractivity contribution in [3.05, 3.63) is 85.0 Å². The van der Waals surface area contributed by atoms with Gasteiger partial charge in [0.05, 0.1) is 10.6 Å². The second kappa shape index (κ2) is 8.77. The molecule has 0 unspecified atom stereocenters. The van der Waals surface area contributed by atoms with Crippen LogP contribution in [0.2, 0.25) is 0 Å². The summed E-state index contributed by atoms with van der Waals surface area (Å²) in [5.74, 6) is -0.562. The molecular formula is C21H11Br2N3O5S. The number of anilines is 1. The van der Waals surface area contributed by atoms with Crippen molar-refractivity contribution in [1.29, 1.82) is 0 Å². The molecule has 8 nitrogen and oxygen atoms in total. The molecule has 32 heavy (non-hydrogen) atoms. The molecule has 0 bridgehead atoms. The summed E-state index contributed by atoms with van der Waals surface area (Å²) in [5, 5.41) is 13.4. The third-order valence-corrected chi connectivity index (χ3v) is 6.00. The van der Waals surface area contributed by atoms with Crippen LogP contribution in [0.25, 0.3) is 17.4 Å². The van der Waals surface area contributed by atoms with Crippen molar-refractivity contribution >= 4 is 78.5 Å². The van der Waals surface area contributed by atoms with Crippen molar-refractivity contribution in [2.45, 2.75) is 0 Å². The van der Waals surface area contributed by atoms with Crippen molar-refractivity contribution in [3.8, 4) is 11.3 Å². The van der Waals surface area contributed by atoms with Gasteiger partial charge in [0, 0.05) is 26.6 Å². The molecule has 3 aromatic rings. The minimum absolute atomic E-state index is 0.0191. The van der Waals surface area contributed by atoms with Crippen molar-refractivity contribution in [3.63, 3.8) is 0 Å². The van der Waals surface area contributed by atoms with Crippen molar-refractivity contribution in [2.75, 3.05) is 4.90 Å². The molecule has 1 aromatic heterocycles. The number of nitro groups is 1. The molecule has 0 saturated carbocycles. The summed E-state index contributed by atoms with van der Waals surface area (Å²) < 4.78 is 7.07. The first-order valence-corrected chi connectivity index (χ1v) is 10.9. The van der Waals surface area contributed by atoms with E-state index in [0.717, 1.165) is 4.47 Å². The molecule has 0 aliphatic carbocycles. The highest BCUT2D eigenvalue weighted by Crippen LogP contribution is 2.33. The predicted octanol–water partition coefficient (Wildman–Crippen LogP) is 5.21. The number of hydrogen-bond acceptors (Lipinski definition) is 6. The normalized spacial score (nSPS) is 15.2. The molecule has 0 spiro atoms. The third-order valence-electron chi connectivity index (χ3n) is 4.53. The largest absolute Gasteiger partial charge is 0.457 e. The van der Waals surface area contributed by atoms with Gasteiger partial charge in [0.25, 0.3) is 17.5 Å². The molecule has 2 aromatic carbocycles. The maximum absolute atomic E-state index is 13.1. The highest BCUT2D eigenvalue weighted by atomic mass is 79.9. The van der Waals surface area contributed by atoms with Gasteiger partial charge in [0.2, 0.25) is 0 Å². The molecular weight excluding hydrogens is 566 g/mol. The lowest BCUT2D eigenvalue weighted by atomic mass is 10.1. The minimum atomic E-state index is -0.636. The van der Waals surface area contributed by atoms with Crippen LogP contribution in [0.4, 0.5) is 11.4 Å². The average Bonchev–Trinajstić information content (AvgIpc) is 3.20. The van der Waals surface area contributed by atoms with Gasteiger partial charge in [-0.25, -0.2) is 0 Å². The number of non-ortho nitro benzene ring substituents is 1. The van der Waals surface area contributed by atoms with Gasteiger partial charge in [0.15, 0.2) is 5.11 Å². The molecule has 1 aliphatic heterocycles. The van der Waals surface area contributed by atoms with E-state index in [1.54, 1.807) is 42.5 Å². The monoisotopic (exact) mass is 575 g/mol. The summed E-state index contributed by atoms with van der Waals surface area (Å²) in [6.07, 6.45) is 1.33. The van der Waals surface area contributed by atoms with Gasteiger partial charge in [-0.05, 0) is 76.7 Å². The number of furan rings is 1. The van der Waals surface area contributed by atoms with E-state index < -0.39 is 16.7 Å². The van der Waals surface area contributed by atoms with Crippen LogP contribution in [0.1, 0.15) is 5.76 Å². The maximum atomic E-state index is 13.1. The summed E-state index contributed by atoms with van der Waals surface area (Å²) >= 11 is 11.8. The van der Waals surface area contributed by atoms with E-state index in [1.165, 1.54) is 23.1 Å². The van der Waals surface area contributed by atoms with Crippen LogP contribution in [-0.2, 0) is 9.59 Å². The van der Waals surface area contributed by atoms with Crippen LogP contribution in [0.15, 0.2) is 73.5 Å². The Labute approximate surface area is 203 Å². The number of rotatable bonds is 4. The van der Waals surface area contributed by atoms with Gasteiger partial charge in [-0.15, -0.1) is 0 Å². The summed E-state index contributed by atoms with van der Waals surface area (Å²) in [4.78, 5) is 37.2. The predicted molar refractivity (Wildman–Crippen MR) is 129 cm³/mol. The van der Waals surface area contributed by atoms with Gasteiger partial charge in [-0.2, -0.15) is 0 Å². The molecule has 2 heterocycles. The van der Waals surface area contributed by atoms with Crippen molar-refractivity contribution in [2.24, 2.45) is 0 Å². The number of benzene rings is 2. The zero-order chi connectivity index (χ0) is 23.0. The summed E-state index contributed by atoms with van der Waals surface area (Å²) in [6, 6.07) is 14.4. The highest BCUT2D eigenvalue weighted by Gasteiger charge is 2.34. The topological polar surface area (TPSA) is 106 Å². The molecule has 1 aliphatic rings. The highest BCUT2D eigenvalue weighted by molar-refractivity contribution is 9.10. The Morgan fingerprint density at radius 3 is 2.44 bits per heavy atom. The Morgan fingerprint density at radius 1 is 1.06 bits per heavy atom. The number of carbonyl (C=O) groups is 2. The third kappa shape index (κ3) is 4.27. The average molecular weight is 577 g/mol. The zero-order valence-electron chi connectivity index (χ0n) is 15.9. The molecule has 0 atom stereocenters. The lowest BCUT2D eigenvalue weighted by Crippen LogP contribution is -2.54. The Kier molecular flexibility index (Phi) is 6.04. The molecule has 1 fully saturated rings. The molecule has 11 heteroatoms. The zero-order valence-corrected chi connectivity index (χ0v) is 19.9. The second-order valence-corrected chi connectivity index (χ2v) is 8.71. The summed E-state index contributed by atoms with van der Waals surface area (Å²) in [6.45, 7) is 0. The Hall–Kier alpha value is -3.15.